The third-order valence-electron chi connectivity index (χ3n) is 2.99. The average molecular weight is 286 g/mol. The van der Waals surface area contributed by atoms with Gasteiger partial charge in [0, 0.05) is 24.2 Å². The Bertz CT molecular complexity index is 641. The predicted octanol–water partition coefficient (Wildman–Crippen LogP) is 2.95. The molecule has 21 heavy (non-hydrogen) atoms. The number of nitrogen functional groups attached to an aromatic ring is 1. The second kappa shape index (κ2) is 6.76. The van der Waals surface area contributed by atoms with Gasteiger partial charge < -0.3 is 20.5 Å². The number of benzene rings is 2. The minimum atomic E-state index is -0.454. The van der Waals surface area contributed by atoms with Crippen LogP contribution in [0.3, 0.4) is 0 Å². The van der Waals surface area contributed by atoms with Gasteiger partial charge in [0.15, 0.2) is 0 Å². The third kappa shape index (κ3) is 3.73. The molecule has 0 fully saturated rings. The number of ether oxygens (including phenoxy) is 2. The Morgan fingerprint density at radius 3 is 2.62 bits per heavy atom. The van der Waals surface area contributed by atoms with Crippen LogP contribution in [0, 0.1) is 0 Å². The zero-order chi connectivity index (χ0) is 15.2. The maximum Gasteiger partial charge on any atom is 0.340 e. The first-order chi connectivity index (χ1) is 10.1. The van der Waals surface area contributed by atoms with E-state index in [9.17, 15) is 4.79 Å². The highest BCUT2D eigenvalue weighted by Crippen LogP contribution is 2.23. The van der Waals surface area contributed by atoms with Gasteiger partial charge in [-0.2, -0.15) is 0 Å². The van der Waals surface area contributed by atoms with E-state index in [0.717, 1.165) is 16.9 Å². The molecule has 0 radical (unpaired) electrons. The normalized spacial score (nSPS) is 10.2. The summed E-state index contributed by atoms with van der Waals surface area (Å²) in [5, 5.41) is 3.23. The lowest BCUT2D eigenvalue weighted by atomic mass is 10.1. The van der Waals surface area contributed by atoms with Crippen molar-refractivity contribution < 1.29 is 14.3 Å². The molecule has 0 aliphatic carbocycles. The highest BCUT2D eigenvalue weighted by Gasteiger charge is 2.10. The van der Waals surface area contributed by atoms with Crippen molar-refractivity contribution in [3.05, 3.63) is 53.6 Å². The summed E-state index contributed by atoms with van der Waals surface area (Å²) in [6, 6.07) is 13.0. The van der Waals surface area contributed by atoms with Crippen LogP contribution < -0.4 is 11.1 Å². The second-order valence-electron chi connectivity index (χ2n) is 4.55. The number of methoxy groups -OCH3 is 2. The van der Waals surface area contributed by atoms with Crippen molar-refractivity contribution in [1.29, 1.82) is 0 Å². The Hall–Kier alpha value is -2.53. The topological polar surface area (TPSA) is 73.6 Å². The van der Waals surface area contributed by atoms with E-state index in [0.29, 0.717) is 17.9 Å². The van der Waals surface area contributed by atoms with E-state index in [1.807, 2.05) is 30.3 Å². The van der Waals surface area contributed by atoms with E-state index in [2.05, 4.69) is 5.32 Å². The van der Waals surface area contributed by atoms with Gasteiger partial charge in [-0.3, -0.25) is 0 Å². The summed E-state index contributed by atoms with van der Waals surface area (Å²) >= 11 is 0. The van der Waals surface area contributed by atoms with E-state index in [1.54, 1.807) is 19.2 Å². The second-order valence-corrected chi connectivity index (χ2v) is 4.55. The molecule has 110 valence electrons. The van der Waals surface area contributed by atoms with Crippen LogP contribution in [0.15, 0.2) is 42.5 Å². The zero-order valence-electron chi connectivity index (χ0n) is 12.1. The number of hydrogen-bond donors (Lipinski definition) is 2. The molecule has 0 aliphatic heterocycles. The van der Waals surface area contributed by atoms with Crippen molar-refractivity contribution in [2.24, 2.45) is 0 Å². The highest BCUT2D eigenvalue weighted by atomic mass is 16.5. The summed E-state index contributed by atoms with van der Waals surface area (Å²) in [4.78, 5) is 11.6. The SMILES string of the molecule is COCc1cccc(Nc2ccc(N)c(C(=O)OC)c2)c1. The molecule has 2 rings (SSSR count). The van der Waals surface area contributed by atoms with Crippen LogP contribution in [0.4, 0.5) is 17.1 Å². The molecule has 5 nitrogen and oxygen atoms in total. The van der Waals surface area contributed by atoms with Gasteiger partial charge in [0.25, 0.3) is 0 Å². The van der Waals surface area contributed by atoms with Gasteiger partial charge in [0.05, 0.1) is 19.3 Å². The fourth-order valence-electron chi connectivity index (χ4n) is 1.99. The largest absolute Gasteiger partial charge is 0.465 e. The van der Waals surface area contributed by atoms with Crippen molar-refractivity contribution in [2.45, 2.75) is 6.61 Å². The summed E-state index contributed by atoms with van der Waals surface area (Å²) in [5.74, 6) is -0.454. The maximum absolute atomic E-state index is 11.6. The number of hydrogen-bond acceptors (Lipinski definition) is 5. The molecular formula is C16H18N2O3. The minimum Gasteiger partial charge on any atom is -0.465 e. The van der Waals surface area contributed by atoms with Crippen molar-refractivity contribution in [3.8, 4) is 0 Å². The summed E-state index contributed by atoms with van der Waals surface area (Å²) in [6.07, 6.45) is 0. The molecule has 2 aromatic rings. The van der Waals surface area contributed by atoms with Crippen LogP contribution in [0.25, 0.3) is 0 Å². The third-order valence-corrected chi connectivity index (χ3v) is 2.99. The Balaban J connectivity index is 2.23. The van der Waals surface area contributed by atoms with Crippen molar-refractivity contribution >= 4 is 23.0 Å². The lowest BCUT2D eigenvalue weighted by Gasteiger charge is -2.11. The van der Waals surface area contributed by atoms with Gasteiger partial charge in [-0.15, -0.1) is 0 Å². The molecule has 0 aliphatic rings. The zero-order valence-corrected chi connectivity index (χ0v) is 12.1. The Morgan fingerprint density at radius 2 is 1.90 bits per heavy atom. The Kier molecular flexibility index (Phi) is 4.79. The van der Waals surface area contributed by atoms with Crippen molar-refractivity contribution in [1.82, 2.24) is 0 Å². The quantitative estimate of drug-likeness (QED) is 0.653. The molecule has 0 atom stereocenters. The smallest absolute Gasteiger partial charge is 0.340 e. The molecule has 0 saturated heterocycles. The number of rotatable bonds is 5. The molecule has 0 spiro atoms. The van der Waals surface area contributed by atoms with Gasteiger partial charge in [0.1, 0.15) is 0 Å². The summed E-state index contributed by atoms with van der Waals surface area (Å²) < 4.78 is 9.82. The first-order valence-corrected chi connectivity index (χ1v) is 6.47. The standard InChI is InChI=1S/C16H18N2O3/c1-20-10-11-4-3-5-12(8-11)18-13-6-7-15(17)14(9-13)16(19)21-2/h3-9,18H,10,17H2,1-2H3. The maximum atomic E-state index is 11.6. The Morgan fingerprint density at radius 1 is 1.14 bits per heavy atom. The summed E-state index contributed by atoms with van der Waals surface area (Å²) in [7, 11) is 2.98. The molecule has 0 amide bonds. The van der Waals surface area contributed by atoms with Gasteiger partial charge in [-0.1, -0.05) is 12.1 Å². The van der Waals surface area contributed by atoms with Gasteiger partial charge in [-0.25, -0.2) is 4.79 Å². The molecule has 0 unspecified atom stereocenters. The lowest BCUT2D eigenvalue weighted by Crippen LogP contribution is -2.06. The molecule has 0 aromatic heterocycles. The monoisotopic (exact) mass is 286 g/mol. The first-order valence-electron chi connectivity index (χ1n) is 6.47. The number of esters is 1. The minimum absolute atomic E-state index is 0.343. The fourth-order valence-corrected chi connectivity index (χ4v) is 1.99. The van der Waals surface area contributed by atoms with Crippen LogP contribution in [-0.2, 0) is 16.1 Å². The van der Waals surface area contributed by atoms with Crippen LogP contribution in [0.5, 0.6) is 0 Å². The van der Waals surface area contributed by atoms with E-state index in [1.165, 1.54) is 7.11 Å². The molecule has 0 bridgehead atoms. The summed E-state index contributed by atoms with van der Waals surface area (Å²) in [6.45, 7) is 0.546. The van der Waals surface area contributed by atoms with Crippen molar-refractivity contribution in [2.75, 3.05) is 25.3 Å². The van der Waals surface area contributed by atoms with E-state index >= 15 is 0 Å². The molecule has 0 saturated carbocycles. The number of carbonyl (C=O) groups excluding carboxylic acids is 1. The molecule has 3 N–H and O–H groups in total. The number of anilines is 3. The Labute approximate surface area is 123 Å². The van der Waals surface area contributed by atoms with E-state index < -0.39 is 5.97 Å². The predicted molar refractivity (Wildman–Crippen MR) is 82.6 cm³/mol. The van der Waals surface area contributed by atoms with E-state index in [4.69, 9.17) is 15.2 Å². The van der Waals surface area contributed by atoms with Crippen LogP contribution in [-0.4, -0.2) is 20.2 Å². The molecule has 0 heterocycles. The van der Waals surface area contributed by atoms with Crippen molar-refractivity contribution in [3.63, 3.8) is 0 Å². The first kappa shape index (κ1) is 14.9. The van der Waals surface area contributed by atoms with Gasteiger partial charge >= 0.3 is 5.97 Å². The number of carbonyl (C=O) groups is 1. The molecule has 2 aromatic carbocycles. The van der Waals surface area contributed by atoms with Crippen LogP contribution in [0.1, 0.15) is 15.9 Å². The molecular weight excluding hydrogens is 268 g/mol. The fraction of sp³-hybridized carbons (Fsp3) is 0.188. The van der Waals surface area contributed by atoms with Crippen LogP contribution >= 0.6 is 0 Å². The average Bonchev–Trinajstić information content (AvgIpc) is 2.49. The van der Waals surface area contributed by atoms with Gasteiger partial charge in [-0.05, 0) is 35.9 Å². The highest BCUT2D eigenvalue weighted by molar-refractivity contribution is 5.96. The van der Waals surface area contributed by atoms with E-state index in [-0.39, 0.29) is 0 Å². The lowest BCUT2D eigenvalue weighted by molar-refractivity contribution is 0.0602. The van der Waals surface area contributed by atoms with Gasteiger partial charge in [0.2, 0.25) is 0 Å². The summed E-state index contributed by atoms with van der Waals surface area (Å²) in [5.41, 5.74) is 9.24. The number of nitrogens with one attached hydrogen (secondary N) is 1. The number of nitrogens with two attached hydrogens (primary N) is 1. The van der Waals surface area contributed by atoms with Crippen LogP contribution in [0.2, 0.25) is 0 Å². The molecule has 5 heteroatoms.